The number of nitrogens with two attached hydrogens (primary N) is 1. The van der Waals surface area contributed by atoms with Gasteiger partial charge < -0.3 is 15.4 Å². The molecule has 2 aromatic carbocycles. The van der Waals surface area contributed by atoms with Gasteiger partial charge in [-0.2, -0.15) is 0 Å². The highest BCUT2D eigenvalue weighted by Gasteiger charge is 2.42. The van der Waals surface area contributed by atoms with E-state index in [1.807, 2.05) is 55.5 Å². The van der Waals surface area contributed by atoms with Gasteiger partial charge in [-0.3, -0.25) is 9.59 Å². The fourth-order valence-electron chi connectivity index (χ4n) is 4.43. The first kappa shape index (κ1) is 22.1. The number of hydrogen-bond donors (Lipinski definition) is 1. The Hall–Kier alpha value is -3.12. The van der Waals surface area contributed by atoms with Gasteiger partial charge in [0.15, 0.2) is 0 Å². The van der Waals surface area contributed by atoms with Crippen molar-refractivity contribution in [2.75, 3.05) is 20.2 Å². The van der Waals surface area contributed by atoms with E-state index in [0.717, 1.165) is 33.7 Å². The molecule has 6 heteroatoms. The predicted octanol–water partition coefficient (Wildman–Crippen LogP) is 4.68. The first-order chi connectivity index (χ1) is 15.4. The van der Waals surface area contributed by atoms with E-state index in [2.05, 4.69) is 12.1 Å². The summed E-state index contributed by atoms with van der Waals surface area (Å²) in [4.78, 5) is 29.2. The van der Waals surface area contributed by atoms with Gasteiger partial charge in [0.25, 0.3) is 5.91 Å². The highest BCUT2D eigenvalue weighted by molar-refractivity contribution is 7.13. The van der Waals surface area contributed by atoms with Crippen LogP contribution in [0.5, 0.6) is 5.75 Å². The van der Waals surface area contributed by atoms with Gasteiger partial charge in [0, 0.05) is 18.0 Å². The minimum absolute atomic E-state index is 0.0109. The average Bonchev–Trinajstić information content (AvgIpc) is 3.25. The second kappa shape index (κ2) is 9.17. The lowest BCUT2D eigenvalue weighted by molar-refractivity contribution is -0.130. The van der Waals surface area contributed by atoms with Crippen molar-refractivity contribution in [1.82, 2.24) is 4.90 Å². The van der Waals surface area contributed by atoms with E-state index in [0.29, 0.717) is 30.8 Å². The van der Waals surface area contributed by atoms with E-state index in [-0.39, 0.29) is 11.8 Å². The van der Waals surface area contributed by atoms with Gasteiger partial charge in [-0.15, -0.1) is 11.3 Å². The van der Waals surface area contributed by atoms with Gasteiger partial charge >= 0.3 is 0 Å². The van der Waals surface area contributed by atoms with Gasteiger partial charge in [-0.05, 0) is 67.1 Å². The minimum atomic E-state index is -0.748. The summed E-state index contributed by atoms with van der Waals surface area (Å²) in [7, 11) is 1.65. The summed E-state index contributed by atoms with van der Waals surface area (Å²) < 4.78 is 5.23. The molecule has 1 aliphatic heterocycles. The number of ether oxygens (including phenoxy) is 1. The third-order valence-electron chi connectivity index (χ3n) is 6.26. The predicted molar refractivity (Wildman–Crippen MR) is 128 cm³/mol. The second-order valence-corrected chi connectivity index (χ2v) is 9.78. The van der Waals surface area contributed by atoms with E-state index in [1.54, 1.807) is 12.0 Å². The lowest BCUT2D eigenvalue weighted by Crippen LogP contribution is -2.53. The second-order valence-electron chi connectivity index (χ2n) is 8.49. The van der Waals surface area contributed by atoms with Crippen LogP contribution < -0.4 is 10.5 Å². The van der Waals surface area contributed by atoms with Crippen LogP contribution in [0.1, 0.15) is 33.0 Å². The summed E-state index contributed by atoms with van der Waals surface area (Å²) in [6.45, 7) is 3.00. The van der Waals surface area contributed by atoms with Gasteiger partial charge in [0.05, 0.1) is 17.4 Å². The summed E-state index contributed by atoms with van der Waals surface area (Å²) in [6.07, 6.45) is 1.98. The van der Waals surface area contributed by atoms with Crippen LogP contribution in [0.15, 0.2) is 60.7 Å². The summed E-state index contributed by atoms with van der Waals surface area (Å²) in [5.74, 6) is 0.475. The Kier molecular flexibility index (Phi) is 6.33. The standard InChI is InChI=1S/C26H28N2O3S/c1-18-4-13-23(32-18)24(29)28-15-3-14-26(17-28,25(27)30)16-19-5-7-20(8-6-19)21-9-11-22(31-2)12-10-21/h4-13H,3,14-17H2,1-2H3,(H2,27,30). The molecule has 1 fully saturated rings. The molecule has 0 radical (unpaired) electrons. The molecule has 0 bridgehead atoms. The Balaban J connectivity index is 1.52. The van der Waals surface area contributed by atoms with Crippen LogP contribution in [0, 0.1) is 12.3 Å². The molecule has 2 N–H and O–H groups in total. The Morgan fingerprint density at radius 1 is 1.03 bits per heavy atom. The van der Waals surface area contributed by atoms with Crippen LogP contribution in [0.25, 0.3) is 11.1 Å². The number of aryl methyl sites for hydroxylation is 1. The fraction of sp³-hybridized carbons (Fsp3) is 0.308. The van der Waals surface area contributed by atoms with Crippen LogP contribution in [0.3, 0.4) is 0 Å². The smallest absolute Gasteiger partial charge is 0.263 e. The number of hydrogen-bond acceptors (Lipinski definition) is 4. The van der Waals surface area contributed by atoms with E-state index in [4.69, 9.17) is 10.5 Å². The van der Waals surface area contributed by atoms with E-state index < -0.39 is 5.41 Å². The minimum Gasteiger partial charge on any atom is -0.497 e. The third-order valence-corrected chi connectivity index (χ3v) is 7.25. The topological polar surface area (TPSA) is 72.6 Å². The van der Waals surface area contributed by atoms with Crippen molar-refractivity contribution >= 4 is 23.2 Å². The molecule has 1 saturated heterocycles. The molecule has 5 nitrogen and oxygen atoms in total. The number of benzene rings is 2. The van der Waals surface area contributed by atoms with Crippen molar-refractivity contribution in [3.8, 4) is 16.9 Å². The van der Waals surface area contributed by atoms with Crippen LogP contribution in [0.4, 0.5) is 0 Å². The zero-order valence-electron chi connectivity index (χ0n) is 18.5. The summed E-state index contributed by atoms with van der Waals surface area (Å²) in [5.41, 5.74) is 8.41. The van der Waals surface area contributed by atoms with E-state index in [1.165, 1.54) is 11.3 Å². The molecule has 32 heavy (non-hydrogen) atoms. The number of carbonyl (C=O) groups is 2. The number of amides is 2. The normalized spacial score (nSPS) is 18.4. The largest absolute Gasteiger partial charge is 0.497 e. The molecule has 0 spiro atoms. The Labute approximate surface area is 192 Å². The molecule has 4 rings (SSSR count). The Morgan fingerprint density at radius 2 is 1.69 bits per heavy atom. The Morgan fingerprint density at radius 3 is 2.25 bits per heavy atom. The third kappa shape index (κ3) is 4.55. The molecule has 1 aromatic heterocycles. The number of primary amides is 1. The van der Waals surface area contributed by atoms with E-state index >= 15 is 0 Å². The quantitative estimate of drug-likeness (QED) is 0.595. The fourth-order valence-corrected chi connectivity index (χ4v) is 5.27. The lowest BCUT2D eigenvalue weighted by atomic mass is 9.74. The number of methoxy groups -OCH3 is 1. The number of thiophene rings is 1. The Bertz CT molecular complexity index is 1100. The van der Waals surface area contributed by atoms with Gasteiger partial charge in [-0.1, -0.05) is 36.4 Å². The maximum absolute atomic E-state index is 13.0. The van der Waals surface area contributed by atoms with Crippen molar-refractivity contribution in [3.63, 3.8) is 0 Å². The zero-order chi connectivity index (χ0) is 22.7. The van der Waals surface area contributed by atoms with Gasteiger partial charge in [0.1, 0.15) is 5.75 Å². The summed E-state index contributed by atoms with van der Waals surface area (Å²) >= 11 is 1.49. The van der Waals surface area contributed by atoms with Crippen molar-refractivity contribution in [2.45, 2.75) is 26.2 Å². The monoisotopic (exact) mass is 448 g/mol. The summed E-state index contributed by atoms with van der Waals surface area (Å²) in [5, 5.41) is 0. The van der Waals surface area contributed by atoms with Crippen molar-refractivity contribution in [1.29, 1.82) is 0 Å². The molecule has 2 heterocycles. The lowest BCUT2D eigenvalue weighted by Gasteiger charge is -2.40. The van der Waals surface area contributed by atoms with Crippen LogP contribution in [-0.4, -0.2) is 36.9 Å². The van der Waals surface area contributed by atoms with Crippen molar-refractivity contribution < 1.29 is 14.3 Å². The number of rotatable bonds is 6. The first-order valence-corrected chi connectivity index (χ1v) is 11.6. The van der Waals surface area contributed by atoms with Gasteiger partial charge in [0.2, 0.25) is 5.91 Å². The van der Waals surface area contributed by atoms with Crippen LogP contribution >= 0.6 is 11.3 Å². The molecule has 0 saturated carbocycles. The van der Waals surface area contributed by atoms with Crippen molar-refractivity contribution in [3.05, 3.63) is 76.0 Å². The molecular formula is C26H28N2O3S. The molecule has 1 aliphatic rings. The summed E-state index contributed by atoms with van der Waals surface area (Å²) in [6, 6.07) is 20.0. The number of nitrogens with zero attached hydrogens (tertiary/aromatic N) is 1. The SMILES string of the molecule is COc1ccc(-c2ccc(CC3(C(N)=O)CCCN(C(=O)c4ccc(C)s4)C3)cc2)cc1. The molecular weight excluding hydrogens is 420 g/mol. The average molecular weight is 449 g/mol. The molecule has 0 aliphatic carbocycles. The number of piperidine rings is 1. The highest BCUT2D eigenvalue weighted by Crippen LogP contribution is 2.35. The maximum atomic E-state index is 13.0. The molecule has 1 atom stereocenters. The number of likely N-dealkylation sites (tertiary alicyclic amines) is 1. The highest BCUT2D eigenvalue weighted by atomic mass is 32.1. The van der Waals surface area contributed by atoms with Crippen LogP contribution in [-0.2, 0) is 11.2 Å². The number of carbonyl (C=O) groups excluding carboxylic acids is 2. The molecule has 1 unspecified atom stereocenters. The maximum Gasteiger partial charge on any atom is 0.263 e. The molecule has 3 aromatic rings. The van der Waals surface area contributed by atoms with Crippen LogP contribution in [0.2, 0.25) is 0 Å². The van der Waals surface area contributed by atoms with E-state index in [9.17, 15) is 9.59 Å². The zero-order valence-corrected chi connectivity index (χ0v) is 19.3. The van der Waals surface area contributed by atoms with Crippen molar-refractivity contribution in [2.24, 2.45) is 11.1 Å². The van der Waals surface area contributed by atoms with Gasteiger partial charge in [-0.25, -0.2) is 0 Å². The molecule has 166 valence electrons. The first-order valence-electron chi connectivity index (χ1n) is 10.8. The molecule has 2 amide bonds.